The van der Waals surface area contributed by atoms with Crippen molar-refractivity contribution in [2.45, 2.75) is 104 Å². The first-order valence-electron chi connectivity index (χ1n) is 17.8. The topological polar surface area (TPSA) is 87.1 Å². The van der Waals surface area contributed by atoms with Gasteiger partial charge in [-0.3, -0.25) is 19.5 Å². The summed E-state index contributed by atoms with van der Waals surface area (Å²) >= 11 is 0. The van der Waals surface area contributed by atoms with E-state index in [1.807, 2.05) is 12.3 Å². The van der Waals surface area contributed by atoms with Gasteiger partial charge in [0.1, 0.15) is 12.6 Å². The van der Waals surface area contributed by atoms with E-state index in [2.05, 4.69) is 80.7 Å². The van der Waals surface area contributed by atoms with Crippen molar-refractivity contribution >= 4 is 28.7 Å². The molecule has 0 saturated carbocycles. The van der Waals surface area contributed by atoms with Crippen LogP contribution in [0, 0.1) is 18.8 Å². The van der Waals surface area contributed by atoms with Gasteiger partial charge in [0.2, 0.25) is 5.90 Å². The summed E-state index contributed by atoms with van der Waals surface area (Å²) in [6.45, 7) is 15.4. The van der Waals surface area contributed by atoms with E-state index < -0.39 is 0 Å². The molecule has 3 heterocycles. The van der Waals surface area contributed by atoms with Crippen LogP contribution in [0.15, 0.2) is 51.3 Å². The van der Waals surface area contributed by atoms with Crippen molar-refractivity contribution in [2.75, 3.05) is 26.7 Å². The van der Waals surface area contributed by atoms with Crippen molar-refractivity contribution in [1.29, 1.82) is 0 Å². The molecule has 0 amide bonds. The Hall–Kier alpha value is -3.58. The summed E-state index contributed by atoms with van der Waals surface area (Å²) in [5.74, 6) is 2.11. The molecular weight excluding hydrogens is 584 g/mol. The highest BCUT2D eigenvalue weighted by atomic mass is 16.5. The molecule has 5 rings (SSSR count). The zero-order chi connectivity index (χ0) is 33.7. The standard InChI is InChI=1S/C40H54N4O3/c1-8-25(3)27(5)39(45)28(6)44-19-16-30(17-20-44)33-14-13-29(21-26(33)4)11-10-12-34-32(9-2)35(36-23-41-24-37(43-36)47-7)22-31-15-18-42-40(46)38(31)34/h13-15,18,21-23,25,27-28,30,36H,8-12,16-17,19-20,24H2,1-7H3,(H,42,46). The van der Waals surface area contributed by atoms with Gasteiger partial charge in [-0.25, -0.2) is 4.99 Å². The number of carbonyl (C=O) groups excluding carboxylic acids is 1. The van der Waals surface area contributed by atoms with Crippen molar-refractivity contribution in [1.82, 2.24) is 9.88 Å². The molecular formula is C40H54N4O3. The third kappa shape index (κ3) is 7.61. The first-order valence-corrected chi connectivity index (χ1v) is 17.8. The number of methoxy groups -OCH3 is 1. The molecule has 2 aliphatic rings. The number of aromatic nitrogens is 1. The lowest BCUT2D eigenvalue weighted by Crippen LogP contribution is -2.46. The Morgan fingerprint density at radius 1 is 1.04 bits per heavy atom. The van der Waals surface area contributed by atoms with Crippen molar-refractivity contribution in [3.8, 4) is 0 Å². The Morgan fingerprint density at radius 2 is 1.81 bits per heavy atom. The van der Waals surface area contributed by atoms with E-state index >= 15 is 0 Å². The van der Waals surface area contributed by atoms with Crippen molar-refractivity contribution in [3.05, 3.63) is 80.3 Å². The largest absolute Gasteiger partial charge is 0.483 e. The number of aryl methyl sites for hydroxylation is 3. The fourth-order valence-electron chi connectivity index (χ4n) is 7.80. The molecule has 1 saturated heterocycles. The average Bonchev–Trinajstić information content (AvgIpc) is 3.10. The fourth-order valence-corrected chi connectivity index (χ4v) is 7.80. The van der Waals surface area contributed by atoms with Crippen LogP contribution in [0.3, 0.4) is 0 Å². The monoisotopic (exact) mass is 638 g/mol. The van der Waals surface area contributed by atoms with E-state index in [-0.39, 0.29) is 23.6 Å². The molecule has 4 atom stereocenters. The lowest BCUT2D eigenvalue weighted by molar-refractivity contribution is -0.129. The molecule has 4 unspecified atom stereocenters. The van der Waals surface area contributed by atoms with E-state index in [9.17, 15) is 9.59 Å². The molecule has 2 aliphatic heterocycles. The fraction of sp³-hybridized carbons (Fsp3) is 0.550. The number of piperidine rings is 1. The number of nitrogens with zero attached hydrogens (tertiary/aromatic N) is 3. The Bertz CT molecular complexity index is 1680. The number of hydrogen-bond acceptors (Lipinski definition) is 6. The summed E-state index contributed by atoms with van der Waals surface area (Å²) in [5.41, 5.74) is 7.53. The number of Topliss-reactive ketones (excluding diaryl/α,β-unsaturated/α-hetero) is 1. The van der Waals surface area contributed by atoms with Gasteiger partial charge in [-0.05, 0) is 128 Å². The molecule has 0 radical (unpaired) electrons. The van der Waals surface area contributed by atoms with Crippen LogP contribution in [0.5, 0.6) is 0 Å². The summed E-state index contributed by atoms with van der Waals surface area (Å²) in [4.78, 5) is 40.9. The van der Waals surface area contributed by atoms with Gasteiger partial charge in [0.25, 0.3) is 5.56 Å². The van der Waals surface area contributed by atoms with Gasteiger partial charge in [-0.2, -0.15) is 0 Å². The number of carbonyl (C=O) groups is 1. The second kappa shape index (κ2) is 15.5. The number of rotatable bonds is 12. The van der Waals surface area contributed by atoms with Gasteiger partial charge < -0.3 is 9.72 Å². The number of ether oxygens (including phenoxy) is 1. The number of likely N-dealkylation sites (tertiary alicyclic amines) is 1. The Balaban J connectivity index is 1.27. The van der Waals surface area contributed by atoms with Crippen molar-refractivity contribution in [2.24, 2.45) is 21.8 Å². The average molecular weight is 639 g/mol. The highest BCUT2D eigenvalue weighted by Gasteiger charge is 2.31. The zero-order valence-electron chi connectivity index (χ0n) is 29.6. The van der Waals surface area contributed by atoms with Crippen LogP contribution in [-0.2, 0) is 28.8 Å². The van der Waals surface area contributed by atoms with Crippen LogP contribution in [0.1, 0.15) is 106 Å². The molecule has 47 heavy (non-hydrogen) atoms. The second-order valence-corrected chi connectivity index (χ2v) is 13.8. The molecule has 0 bridgehead atoms. The number of fused-ring (bicyclic) bond motifs is 1. The van der Waals surface area contributed by atoms with Crippen LogP contribution in [-0.4, -0.2) is 60.6 Å². The van der Waals surface area contributed by atoms with Crippen molar-refractivity contribution < 1.29 is 9.53 Å². The first-order chi connectivity index (χ1) is 22.7. The maximum Gasteiger partial charge on any atom is 0.256 e. The molecule has 1 aromatic heterocycles. The second-order valence-electron chi connectivity index (χ2n) is 13.8. The Kier molecular flexibility index (Phi) is 11.5. The van der Waals surface area contributed by atoms with Gasteiger partial charge in [0.15, 0.2) is 5.78 Å². The van der Waals surface area contributed by atoms with Gasteiger partial charge in [0, 0.05) is 18.3 Å². The molecule has 1 N–H and O–H groups in total. The molecule has 252 valence electrons. The highest BCUT2D eigenvalue weighted by Crippen LogP contribution is 2.34. The molecule has 2 aromatic carbocycles. The maximum atomic E-state index is 13.1. The van der Waals surface area contributed by atoms with Crippen LogP contribution >= 0.6 is 0 Å². The molecule has 7 heteroatoms. The minimum atomic E-state index is -0.213. The molecule has 3 aromatic rings. The number of hydrogen-bond donors (Lipinski definition) is 1. The maximum absolute atomic E-state index is 13.1. The van der Waals surface area contributed by atoms with E-state index in [1.165, 1.54) is 22.3 Å². The van der Waals surface area contributed by atoms with Crippen LogP contribution < -0.4 is 5.56 Å². The predicted octanol–water partition coefficient (Wildman–Crippen LogP) is 7.56. The highest BCUT2D eigenvalue weighted by molar-refractivity contribution is 5.90. The number of aromatic amines is 1. The lowest BCUT2D eigenvalue weighted by atomic mass is 9.83. The van der Waals surface area contributed by atoms with Gasteiger partial charge in [0.05, 0.1) is 18.5 Å². The molecule has 7 nitrogen and oxygen atoms in total. The number of nitrogens with one attached hydrogen (secondary N) is 1. The number of ketones is 1. The Morgan fingerprint density at radius 3 is 2.49 bits per heavy atom. The summed E-state index contributed by atoms with van der Waals surface area (Å²) in [7, 11) is 1.64. The van der Waals surface area contributed by atoms with Gasteiger partial charge in [-0.1, -0.05) is 52.3 Å². The molecule has 1 fully saturated rings. The lowest BCUT2D eigenvalue weighted by Gasteiger charge is -2.37. The smallest absolute Gasteiger partial charge is 0.256 e. The van der Waals surface area contributed by atoms with Gasteiger partial charge in [-0.15, -0.1) is 0 Å². The minimum absolute atomic E-state index is 0.00333. The van der Waals surface area contributed by atoms with Gasteiger partial charge >= 0.3 is 0 Å². The first kappa shape index (κ1) is 34.7. The third-order valence-electron chi connectivity index (χ3n) is 11.1. The van der Waals surface area contributed by atoms with E-state index in [1.54, 1.807) is 13.3 Å². The van der Waals surface area contributed by atoms with Crippen LogP contribution in [0.2, 0.25) is 0 Å². The minimum Gasteiger partial charge on any atom is -0.483 e. The SMILES string of the molecule is CCc1c(C2C=NCC(OC)=N2)cc2cc[nH]c(=O)c2c1CCCc1ccc(C2CCN(C(C)C(=O)C(C)C(C)CC)CC2)c(C)c1. The number of benzene rings is 2. The third-order valence-corrected chi connectivity index (χ3v) is 11.1. The van der Waals surface area contributed by atoms with E-state index in [0.29, 0.717) is 30.1 Å². The summed E-state index contributed by atoms with van der Waals surface area (Å²) in [5, 5.41) is 1.74. The summed E-state index contributed by atoms with van der Waals surface area (Å²) in [6, 6.07) is 10.9. The summed E-state index contributed by atoms with van der Waals surface area (Å²) in [6.07, 6.45) is 10.4. The van der Waals surface area contributed by atoms with E-state index in [0.717, 1.165) is 79.9 Å². The Labute approximate surface area is 280 Å². The van der Waals surface area contributed by atoms with E-state index in [4.69, 9.17) is 9.73 Å². The quantitative estimate of drug-likeness (QED) is 0.222. The van der Waals surface area contributed by atoms with Crippen LogP contribution in [0.25, 0.3) is 10.8 Å². The number of pyridine rings is 1. The predicted molar refractivity (Wildman–Crippen MR) is 194 cm³/mol. The summed E-state index contributed by atoms with van der Waals surface area (Å²) < 4.78 is 5.43. The number of aliphatic imine (C=N–C) groups is 2. The molecule has 0 aliphatic carbocycles. The van der Waals surface area contributed by atoms with Crippen molar-refractivity contribution in [3.63, 3.8) is 0 Å². The zero-order valence-corrected chi connectivity index (χ0v) is 29.6. The normalized spacial score (nSPS) is 19.4. The molecule has 0 spiro atoms. The number of H-pyrrole nitrogens is 1. The van der Waals surface area contributed by atoms with Crippen LogP contribution in [0.4, 0.5) is 0 Å².